The number of carbonyl (C=O) groups is 1. The molecule has 2 unspecified atom stereocenters. The molecule has 24 heavy (non-hydrogen) atoms. The lowest BCUT2D eigenvalue weighted by molar-refractivity contribution is -0.156. The second-order valence-electron chi connectivity index (χ2n) is 7.20. The Kier molecular flexibility index (Phi) is 5.22. The first kappa shape index (κ1) is 18.7. The fourth-order valence-electron chi connectivity index (χ4n) is 2.69. The first-order valence-electron chi connectivity index (χ1n) is 8.03. The van der Waals surface area contributed by atoms with Crippen LogP contribution in [0, 0.1) is 0 Å². The van der Waals surface area contributed by atoms with E-state index in [0.717, 1.165) is 0 Å². The van der Waals surface area contributed by atoms with Crippen molar-refractivity contribution in [2.24, 2.45) is 0 Å². The first-order valence-corrected chi connectivity index (χ1v) is 8.03. The summed E-state index contributed by atoms with van der Waals surface area (Å²) in [5.74, 6) is -1.34. The number of hydrogen-bond donors (Lipinski definition) is 2. The molecule has 1 aliphatic rings. The van der Waals surface area contributed by atoms with Gasteiger partial charge in [-0.3, -0.25) is 10.1 Å². The van der Waals surface area contributed by atoms with Crippen molar-refractivity contribution in [3.63, 3.8) is 0 Å². The van der Waals surface area contributed by atoms with Gasteiger partial charge in [0.05, 0.1) is 12.6 Å². The Balaban J connectivity index is 2.02. The van der Waals surface area contributed by atoms with Gasteiger partial charge in [-0.05, 0) is 40.5 Å². The molecule has 2 N–H and O–H groups in total. The van der Waals surface area contributed by atoms with E-state index in [2.05, 4.69) is 20.8 Å². The lowest BCUT2D eigenvalue weighted by Gasteiger charge is -2.26. The second kappa shape index (κ2) is 6.70. The van der Waals surface area contributed by atoms with E-state index in [1.165, 1.54) is 4.57 Å². The molecule has 6 nitrogen and oxygen atoms in total. The van der Waals surface area contributed by atoms with Crippen molar-refractivity contribution in [2.45, 2.75) is 77.3 Å². The minimum absolute atomic E-state index is 0.0302. The summed E-state index contributed by atoms with van der Waals surface area (Å²) in [5, 5.41) is 13.5. The fourth-order valence-corrected chi connectivity index (χ4v) is 2.69. The summed E-state index contributed by atoms with van der Waals surface area (Å²) in [6, 6.07) is -0.487. The van der Waals surface area contributed by atoms with Crippen LogP contribution >= 0.6 is 0 Å². The number of hydrogen-bond acceptors (Lipinski definition) is 4. The zero-order valence-electron chi connectivity index (χ0n) is 14.4. The van der Waals surface area contributed by atoms with Gasteiger partial charge in [0.15, 0.2) is 0 Å². The number of nitrogens with one attached hydrogen (secondary N) is 2. The Hall–Kier alpha value is -1.64. The Morgan fingerprint density at radius 2 is 2.00 bits per heavy atom. The smallest absolute Gasteiger partial charge is 0.350 e. The molecule has 0 radical (unpaired) electrons. The predicted molar refractivity (Wildman–Crippen MR) is 82.2 cm³/mol. The molecule has 1 amide bonds. The van der Waals surface area contributed by atoms with Gasteiger partial charge >= 0.3 is 6.18 Å². The van der Waals surface area contributed by atoms with E-state index in [-0.39, 0.29) is 30.2 Å². The number of nitrogens with zero attached hydrogens (tertiary/aromatic N) is 3. The van der Waals surface area contributed by atoms with Crippen LogP contribution in [0.3, 0.4) is 0 Å². The van der Waals surface area contributed by atoms with Gasteiger partial charge in [0.2, 0.25) is 5.91 Å². The Bertz CT molecular complexity index is 591. The molecule has 2 atom stereocenters. The predicted octanol–water partition coefficient (Wildman–Crippen LogP) is 2.11. The van der Waals surface area contributed by atoms with E-state index < -0.39 is 18.1 Å². The van der Waals surface area contributed by atoms with E-state index in [1.54, 1.807) is 6.92 Å². The molecule has 1 aromatic heterocycles. The summed E-state index contributed by atoms with van der Waals surface area (Å²) in [6.07, 6.45) is -3.84. The highest BCUT2D eigenvalue weighted by molar-refractivity contribution is 5.81. The Labute approximate surface area is 139 Å². The molecule has 0 saturated carbocycles. The van der Waals surface area contributed by atoms with Gasteiger partial charge in [0, 0.05) is 12.1 Å². The number of alkyl halides is 3. The minimum Gasteiger partial charge on any atom is -0.350 e. The number of halogens is 3. The van der Waals surface area contributed by atoms with Gasteiger partial charge < -0.3 is 9.88 Å². The fraction of sp³-hybridized carbons (Fsp3) is 0.800. The second-order valence-corrected chi connectivity index (χ2v) is 7.20. The molecule has 0 bridgehead atoms. The van der Waals surface area contributed by atoms with Gasteiger partial charge in [0.1, 0.15) is 17.6 Å². The molecule has 2 heterocycles. The molecule has 0 saturated heterocycles. The molecule has 0 aromatic carbocycles. The van der Waals surface area contributed by atoms with Gasteiger partial charge in [-0.25, -0.2) is 0 Å². The topological polar surface area (TPSA) is 71.8 Å². The summed E-state index contributed by atoms with van der Waals surface area (Å²) in [7, 11) is 0. The van der Waals surface area contributed by atoms with E-state index >= 15 is 0 Å². The highest BCUT2D eigenvalue weighted by atomic mass is 19.4. The number of carbonyl (C=O) groups excluding carboxylic acids is 1. The maximum Gasteiger partial charge on any atom is 0.398 e. The zero-order valence-corrected chi connectivity index (χ0v) is 14.4. The summed E-state index contributed by atoms with van der Waals surface area (Å²) in [4.78, 5) is 12.0. The van der Waals surface area contributed by atoms with Crippen LogP contribution in [0.15, 0.2) is 0 Å². The highest BCUT2D eigenvalue weighted by Gasteiger charge is 2.45. The molecule has 0 aliphatic carbocycles. The molecule has 9 heteroatoms. The van der Waals surface area contributed by atoms with Crippen LogP contribution < -0.4 is 10.6 Å². The van der Waals surface area contributed by atoms with E-state index in [9.17, 15) is 18.0 Å². The van der Waals surface area contributed by atoms with Gasteiger partial charge in [-0.1, -0.05) is 0 Å². The quantitative estimate of drug-likeness (QED) is 0.875. The molecule has 136 valence electrons. The lowest BCUT2D eigenvalue weighted by Crippen LogP contribution is -2.49. The number of rotatable bonds is 4. The van der Waals surface area contributed by atoms with Gasteiger partial charge in [-0.15, -0.1) is 10.2 Å². The first-order chi connectivity index (χ1) is 11.0. The van der Waals surface area contributed by atoms with Crippen molar-refractivity contribution in [3.05, 3.63) is 11.6 Å². The maximum atomic E-state index is 13.1. The molecular weight excluding hydrogens is 323 g/mol. The molecular formula is C15H24F3N5O. The summed E-state index contributed by atoms with van der Waals surface area (Å²) in [6.45, 7) is 8.00. The average molecular weight is 347 g/mol. The largest absolute Gasteiger partial charge is 0.398 e. The molecule has 1 aromatic rings. The van der Waals surface area contributed by atoms with Crippen LogP contribution in [-0.4, -0.2) is 38.4 Å². The van der Waals surface area contributed by atoms with E-state index in [0.29, 0.717) is 18.8 Å². The van der Waals surface area contributed by atoms with E-state index in [1.807, 2.05) is 20.8 Å². The van der Waals surface area contributed by atoms with Gasteiger partial charge in [0.25, 0.3) is 0 Å². The van der Waals surface area contributed by atoms with Crippen LogP contribution in [0.2, 0.25) is 0 Å². The van der Waals surface area contributed by atoms with Crippen LogP contribution in [-0.2, 0) is 17.9 Å². The van der Waals surface area contributed by atoms with Crippen molar-refractivity contribution >= 4 is 5.91 Å². The standard InChI is InChI=1S/C15H24F3N5O/c1-9(13(24)20-14(2,3)4)19-8-11-21-22-12-10(15(16,17)18)6-5-7-23(11)12/h9-10,19H,5-8H2,1-4H3,(H,20,24). The zero-order chi connectivity index (χ0) is 18.1. The van der Waals surface area contributed by atoms with Crippen molar-refractivity contribution in [1.82, 2.24) is 25.4 Å². The third-order valence-electron chi connectivity index (χ3n) is 3.90. The third kappa shape index (κ3) is 4.46. The summed E-state index contributed by atoms with van der Waals surface area (Å²) >= 11 is 0. The van der Waals surface area contributed by atoms with Crippen molar-refractivity contribution in [3.8, 4) is 0 Å². The number of aromatic nitrogens is 3. The molecule has 1 aliphatic heterocycles. The van der Waals surface area contributed by atoms with Crippen LogP contribution in [0.5, 0.6) is 0 Å². The van der Waals surface area contributed by atoms with Crippen molar-refractivity contribution in [1.29, 1.82) is 0 Å². The van der Waals surface area contributed by atoms with Crippen LogP contribution in [0.25, 0.3) is 0 Å². The molecule has 0 spiro atoms. The van der Waals surface area contributed by atoms with E-state index in [4.69, 9.17) is 0 Å². The minimum atomic E-state index is -4.31. The van der Waals surface area contributed by atoms with Crippen LogP contribution in [0.4, 0.5) is 13.2 Å². The SMILES string of the molecule is CC(NCc1nnc2n1CCCC2C(F)(F)F)C(=O)NC(C)(C)C. The summed E-state index contributed by atoms with van der Waals surface area (Å²) in [5.41, 5.74) is -0.346. The molecule has 0 fully saturated rings. The van der Waals surface area contributed by atoms with Crippen molar-refractivity contribution < 1.29 is 18.0 Å². The Morgan fingerprint density at radius 1 is 1.33 bits per heavy atom. The number of amides is 1. The Morgan fingerprint density at radius 3 is 2.58 bits per heavy atom. The monoisotopic (exact) mass is 347 g/mol. The van der Waals surface area contributed by atoms with Crippen LogP contribution in [0.1, 0.15) is 58.1 Å². The molecule has 2 rings (SSSR count). The van der Waals surface area contributed by atoms with Crippen molar-refractivity contribution in [2.75, 3.05) is 0 Å². The summed E-state index contributed by atoms with van der Waals surface area (Å²) < 4.78 is 40.7. The normalized spacial score (nSPS) is 19.7. The maximum absolute atomic E-state index is 13.1. The lowest BCUT2D eigenvalue weighted by atomic mass is 9.98. The average Bonchev–Trinajstić information content (AvgIpc) is 2.84. The van der Waals surface area contributed by atoms with Gasteiger partial charge in [-0.2, -0.15) is 13.2 Å². The third-order valence-corrected chi connectivity index (χ3v) is 3.90. The number of fused-ring (bicyclic) bond motifs is 1. The highest BCUT2D eigenvalue weighted by Crippen LogP contribution is 2.40.